The van der Waals surface area contributed by atoms with Crippen LogP contribution in [0, 0.1) is 21.4 Å². The molecule has 3 aromatic rings. The maximum absolute atomic E-state index is 12.7. The summed E-state index contributed by atoms with van der Waals surface area (Å²) in [5.74, 6) is 0.356. The van der Waals surface area contributed by atoms with Crippen LogP contribution in [0.15, 0.2) is 72.3 Å². The number of non-ortho nitro benzene ring substituents is 1. The lowest BCUT2D eigenvalue weighted by molar-refractivity contribution is -0.384. The van der Waals surface area contributed by atoms with Gasteiger partial charge < -0.3 is 9.47 Å². The Bertz CT molecular complexity index is 1250. The molecule has 3 rings (SSSR count). The number of ketones is 1. The van der Waals surface area contributed by atoms with Crippen molar-refractivity contribution in [3.8, 4) is 17.6 Å². The lowest BCUT2D eigenvalue weighted by Gasteiger charge is -2.13. The molecule has 0 heterocycles. The fourth-order valence-corrected chi connectivity index (χ4v) is 3.10. The first-order valence-electron chi connectivity index (χ1n) is 9.96. The van der Waals surface area contributed by atoms with E-state index in [4.69, 9.17) is 21.1 Å². The molecule has 0 unspecified atom stereocenters. The number of Topliss-reactive ketones (excluding diaryl/α,β-unsaturated/α-hetero) is 1. The Kier molecular flexibility index (Phi) is 7.79. The summed E-state index contributed by atoms with van der Waals surface area (Å²) in [6, 6.07) is 19.5. The van der Waals surface area contributed by atoms with Crippen molar-refractivity contribution in [2.45, 2.75) is 13.5 Å². The van der Waals surface area contributed by atoms with E-state index in [1.807, 2.05) is 25.1 Å². The number of ether oxygens (including phenoxy) is 2. The molecule has 0 bridgehead atoms. The summed E-state index contributed by atoms with van der Waals surface area (Å²) in [4.78, 5) is 23.1. The van der Waals surface area contributed by atoms with E-state index in [-0.39, 0.29) is 16.8 Å². The SMILES string of the molecule is CCOc1cc(C=C(C#N)C(=O)c2cccc([N+](=O)[O-])c2)ccc1OCc1ccc(Cl)cc1. The summed E-state index contributed by atoms with van der Waals surface area (Å²) in [7, 11) is 0. The summed E-state index contributed by atoms with van der Waals surface area (Å²) >= 11 is 5.91. The van der Waals surface area contributed by atoms with E-state index in [1.54, 1.807) is 30.3 Å². The van der Waals surface area contributed by atoms with Crippen LogP contribution in [0.3, 0.4) is 0 Å². The third-order valence-electron chi connectivity index (χ3n) is 4.57. The van der Waals surface area contributed by atoms with Crippen molar-refractivity contribution in [3.63, 3.8) is 0 Å². The first-order valence-corrected chi connectivity index (χ1v) is 10.3. The van der Waals surface area contributed by atoms with Gasteiger partial charge in [0, 0.05) is 22.7 Å². The molecule has 0 spiro atoms. The maximum Gasteiger partial charge on any atom is 0.270 e. The summed E-state index contributed by atoms with van der Waals surface area (Å²) in [6.45, 7) is 2.53. The van der Waals surface area contributed by atoms with Gasteiger partial charge in [-0.05, 0) is 48.4 Å². The van der Waals surface area contributed by atoms with Crippen molar-refractivity contribution >= 4 is 29.1 Å². The van der Waals surface area contributed by atoms with Crippen LogP contribution >= 0.6 is 11.6 Å². The van der Waals surface area contributed by atoms with Gasteiger partial charge in [-0.15, -0.1) is 0 Å². The highest BCUT2D eigenvalue weighted by atomic mass is 35.5. The monoisotopic (exact) mass is 462 g/mol. The van der Waals surface area contributed by atoms with Gasteiger partial charge in [0.1, 0.15) is 18.2 Å². The van der Waals surface area contributed by atoms with E-state index < -0.39 is 10.7 Å². The van der Waals surface area contributed by atoms with Gasteiger partial charge in [-0.1, -0.05) is 41.9 Å². The minimum atomic E-state index is -0.609. The molecule has 0 radical (unpaired) electrons. The van der Waals surface area contributed by atoms with Gasteiger partial charge in [-0.25, -0.2) is 0 Å². The van der Waals surface area contributed by atoms with Crippen molar-refractivity contribution in [2.24, 2.45) is 0 Å². The Morgan fingerprint density at radius 1 is 1.09 bits per heavy atom. The number of nitrogens with zero attached hydrogens (tertiary/aromatic N) is 2. The van der Waals surface area contributed by atoms with E-state index in [9.17, 15) is 20.2 Å². The van der Waals surface area contributed by atoms with Crippen molar-refractivity contribution in [1.82, 2.24) is 0 Å². The van der Waals surface area contributed by atoms with E-state index in [0.717, 1.165) is 11.6 Å². The summed E-state index contributed by atoms with van der Waals surface area (Å²) in [5, 5.41) is 21.1. The van der Waals surface area contributed by atoms with Crippen LogP contribution in [-0.2, 0) is 6.61 Å². The van der Waals surface area contributed by atoms with Crippen molar-refractivity contribution in [1.29, 1.82) is 5.26 Å². The number of allylic oxidation sites excluding steroid dienone is 1. The molecule has 0 saturated heterocycles. The van der Waals surface area contributed by atoms with Crippen molar-refractivity contribution in [2.75, 3.05) is 6.61 Å². The molecule has 0 fully saturated rings. The predicted octanol–water partition coefficient (Wildman–Crippen LogP) is 6.02. The number of benzene rings is 3. The van der Waals surface area contributed by atoms with Crippen molar-refractivity contribution < 1.29 is 19.2 Å². The Balaban J connectivity index is 1.85. The van der Waals surface area contributed by atoms with Crippen LogP contribution in [0.2, 0.25) is 5.02 Å². The topological polar surface area (TPSA) is 102 Å². The second-order valence-corrected chi connectivity index (χ2v) is 7.30. The van der Waals surface area contributed by atoms with E-state index >= 15 is 0 Å². The average Bonchev–Trinajstić information content (AvgIpc) is 2.83. The Labute approximate surface area is 195 Å². The van der Waals surface area contributed by atoms with Crippen LogP contribution < -0.4 is 9.47 Å². The largest absolute Gasteiger partial charge is 0.490 e. The molecule has 0 aliphatic carbocycles. The Morgan fingerprint density at radius 3 is 2.52 bits per heavy atom. The van der Waals surface area contributed by atoms with Crippen LogP contribution in [0.4, 0.5) is 5.69 Å². The number of carbonyl (C=O) groups excluding carboxylic acids is 1. The number of hydrogen-bond donors (Lipinski definition) is 0. The van der Waals surface area contributed by atoms with Gasteiger partial charge in [-0.3, -0.25) is 14.9 Å². The molecule has 3 aromatic carbocycles. The first kappa shape index (κ1) is 23.5. The van der Waals surface area contributed by atoms with E-state index in [1.165, 1.54) is 24.3 Å². The number of nitro groups is 1. The van der Waals surface area contributed by atoms with Crippen molar-refractivity contribution in [3.05, 3.63) is 104 Å². The van der Waals surface area contributed by atoms with Crippen LogP contribution in [0.5, 0.6) is 11.5 Å². The number of hydrogen-bond acceptors (Lipinski definition) is 6. The molecule has 0 N–H and O–H groups in total. The van der Waals surface area contributed by atoms with Crippen LogP contribution in [-0.4, -0.2) is 17.3 Å². The molecule has 8 heteroatoms. The summed E-state index contributed by atoms with van der Waals surface area (Å²) < 4.78 is 11.5. The number of rotatable bonds is 9. The standard InChI is InChI=1S/C25H19ClN2O5/c1-2-32-24-13-18(8-11-23(24)33-16-17-6-9-21(26)10-7-17)12-20(15-27)25(29)19-4-3-5-22(14-19)28(30)31/h3-14H,2,16H2,1H3. The number of carbonyl (C=O) groups is 1. The molecule has 0 saturated carbocycles. The zero-order valence-corrected chi connectivity index (χ0v) is 18.4. The molecule has 0 aliphatic heterocycles. The molecule has 0 aliphatic rings. The van der Waals surface area contributed by atoms with Gasteiger partial charge in [-0.2, -0.15) is 5.26 Å². The van der Waals surface area contributed by atoms with Gasteiger partial charge >= 0.3 is 0 Å². The first-order chi connectivity index (χ1) is 15.9. The number of nitro benzene ring substituents is 1. The quantitative estimate of drug-likeness (QED) is 0.127. The Morgan fingerprint density at radius 2 is 1.85 bits per heavy atom. The predicted molar refractivity (Wildman–Crippen MR) is 124 cm³/mol. The highest BCUT2D eigenvalue weighted by Crippen LogP contribution is 2.30. The lowest BCUT2D eigenvalue weighted by Crippen LogP contribution is -2.03. The van der Waals surface area contributed by atoms with Gasteiger partial charge in [0.2, 0.25) is 5.78 Å². The number of halogens is 1. The fraction of sp³-hybridized carbons (Fsp3) is 0.120. The number of nitriles is 1. The highest BCUT2D eigenvalue weighted by Gasteiger charge is 2.16. The molecule has 33 heavy (non-hydrogen) atoms. The third kappa shape index (κ3) is 6.19. The van der Waals surface area contributed by atoms with Crippen LogP contribution in [0.1, 0.15) is 28.4 Å². The van der Waals surface area contributed by atoms with Gasteiger partial charge in [0.25, 0.3) is 5.69 Å². The summed E-state index contributed by atoms with van der Waals surface area (Å²) in [5.41, 5.74) is 1.16. The Hall–Kier alpha value is -4.15. The second kappa shape index (κ2) is 10.9. The molecular formula is C25H19ClN2O5. The van der Waals surface area contributed by atoms with E-state index in [2.05, 4.69) is 0 Å². The lowest BCUT2D eigenvalue weighted by atomic mass is 10.0. The third-order valence-corrected chi connectivity index (χ3v) is 4.82. The fourth-order valence-electron chi connectivity index (χ4n) is 2.98. The smallest absolute Gasteiger partial charge is 0.270 e. The van der Waals surface area contributed by atoms with Gasteiger partial charge in [0.15, 0.2) is 11.5 Å². The molecule has 7 nitrogen and oxygen atoms in total. The molecule has 0 atom stereocenters. The minimum absolute atomic E-state index is 0.0601. The van der Waals surface area contributed by atoms with Gasteiger partial charge in [0.05, 0.1) is 11.5 Å². The summed E-state index contributed by atoms with van der Waals surface area (Å²) in [6.07, 6.45) is 1.41. The molecule has 0 amide bonds. The molecular weight excluding hydrogens is 444 g/mol. The van der Waals surface area contributed by atoms with Crippen LogP contribution in [0.25, 0.3) is 6.08 Å². The minimum Gasteiger partial charge on any atom is -0.490 e. The normalized spacial score (nSPS) is 10.9. The molecule has 166 valence electrons. The zero-order valence-electron chi connectivity index (χ0n) is 17.7. The molecule has 0 aromatic heterocycles. The average molecular weight is 463 g/mol. The second-order valence-electron chi connectivity index (χ2n) is 6.86. The van der Waals surface area contributed by atoms with E-state index in [0.29, 0.717) is 35.3 Å². The maximum atomic E-state index is 12.7. The highest BCUT2D eigenvalue weighted by molar-refractivity contribution is 6.30. The zero-order chi connectivity index (χ0) is 23.8.